The van der Waals surface area contributed by atoms with Gasteiger partial charge in [0, 0.05) is 11.8 Å². The van der Waals surface area contributed by atoms with Crippen LogP contribution in [0.4, 0.5) is 10.1 Å². The highest BCUT2D eigenvalue weighted by atomic mass is 32.2. The van der Waals surface area contributed by atoms with E-state index in [1.54, 1.807) is 11.8 Å². The predicted molar refractivity (Wildman–Crippen MR) is 130 cm³/mol. The average molecular weight is 500 g/mol. The van der Waals surface area contributed by atoms with Crippen LogP contribution in [0.3, 0.4) is 0 Å². The van der Waals surface area contributed by atoms with Crippen LogP contribution in [-0.2, 0) is 10.0 Å². The molecule has 176 valence electrons. The molecule has 0 aliphatic rings. The van der Waals surface area contributed by atoms with E-state index in [0.29, 0.717) is 17.9 Å². The Morgan fingerprint density at radius 3 is 2.68 bits per heavy atom. The molecular formula is C23H22FN5O3S2. The van der Waals surface area contributed by atoms with E-state index in [2.05, 4.69) is 20.2 Å². The Bertz CT molecular complexity index is 1420. The second-order valence-electron chi connectivity index (χ2n) is 7.41. The van der Waals surface area contributed by atoms with Crippen molar-refractivity contribution in [3.05, 3.63) is 90.1 Å². The zero-order valence-electron chi connectivity index (χ0n) is 18.2. The van der Waals surface area contributed by atoms with Gasteiger partial charge in [-0.05, 0) is 60.9 Å². The van der Waals surface area contributed by atoms with Gasteiger partial charge in [0.15, 0.2) is 11.5 Å². The molecule has 0 radical (unpaired) electrons. The number of amides is 1. The third-order valence-electron chi connectivity index (χ3n) is 5.09. The number of pyridine rings is 1. The lowest BCUT2D eigenvalue weighted by Crippen LogP contribution is -2.30. The second-order valence-corrected chi connectivity index (χ2v) is 10.1. The van der Waals surface area contributed by atoms with Crippen molar-refractivity contribution in [1.82, 2.24) is 19.9 Å². The molecule has 0 aliphatic heterocycles. The smallest absolute Gasteiger partial charge is 0.262 e. The molecule has 34 heavy (non-hydrogen) atoms. The maximum atomic E-state index is 13.9. The standard InChI is InChI=1S/C23H22FN5O3S2/c1-33-14-12-20(22-27-26-21-11-4-5-13-29(21)22)25-23(30)16-7-6-8-17(15-16)34(31,32)28-19-10-3-2-9-18(19)24/h2-11,13,15,20,28H,12,14H2,1H3,(H,25,30). The summed E-state index contributed by atoms with van der Waals surface area (Å²) in [5.74, 6) is 0.204. The number of aromatic nitrogens is 3. The number of carbonyl (C=O) groups excluding carboxylic acids is 1. The molecule has 11 heteroatoms. The fraction of sp³-hybridized carbons (Fsp3) is 0.174. The number of rotatable bonds is 9. The van der Waals surface area contributed by atoms with Gasteiger partial charge in [-0.2, -0.15) is 11.8 Å². The van der Waals surface area contributed by atoms with Gasteiger partial charge in [0.2, 0.25) is 0 Å². The molecule has 0 aliphatic carbocycles. The summed E-state index contributed by atoms with van der Waals surface area (Å²) in [4.78, 5) is 12.9. The molecule has 8 nitrogen and oxygen atoms in total. The number of halogens is 1. The molecule has 1 atom stereocenters. The van der Waals surface area contributed by atoms with E-state index in [0.717, 1.165) is 11.8 Å². The Morgan fingerprint density at radius 1 is 1.09 bits per heavy atom. The van der Waals surface area contributed by atoms with Crippen LogP contribution in [0.5, 0.6) is 0 Å². The number of sulfonamides is 1. The van der Waals surface area contributed by atoms with Crippen LogP contribution in [0.2, 0.25) is 0 Å². The molecule has 4 rings (SSSR count). The fourth-order valence-corrected chi connectivity index (χ4v) is 4.98. The normalized spacial score (nSPS) is 12.4. The van der Waals surface area contributed by atoms with Crippen LogP contribution < -0.4 is 10.0 Å². The van der Waals surface area contributed by atoms with Crippen molar-refractivity contribution in [1.29, 1.82) is 0 Å². The number of carbonyl (C=O) groups is 1. The van der Waals surface area contributed by atoms with Crippen LogP contribution in [0.15, 0.2) is 77.8 Å². The summed E-state index contributed by atoms with van der Waals surface area (Å²) in [5, 5.41) is 11.4. The summed E-state index contributed by atoms with van der Waals surface area (Å²) in [7, 11) is -4.11. The monoisotopic (exact) mass is 499 g/mol. The van der Waals surface area contributed by atoms with Crippen LogP contribution in [0, 0.1) is 5.82 Å². The number of nitrogens with zero attached hydrogens (tertiary/aromatic N) is 3. The van der Waals surface area contributed by atoms with Crippen LogP contribution in [0.25, 0.3) is 5.65 Å². The maximum Gasteiger partial charge on any atom is 0.262 e. The first-order valence-electron chi connectivity index (χ1n) is 10.4. The molecule has 0 saturated heterocycles. The summed E-state index contributed by atoms with van der Waals surface area (Å²) in [6.45, 7) is 0. The minimum atomic E-state index is -4.11. The molecular weight excluding hydrogens is 477 g/mol. The molecule has 4 aromatic rings. The van der Waals surface area contributed by atoms with Crippen molar-refractivity contribution in [2.24, 2.45) is 0 Å². The van der Waals surface area contributed by atoms with Crippen LogP contribution in [0.1, 0.15) is 28.6 Å². The molecule has 2 aromatic carbocycles. The quantitative estimate of drug-likeness (QED) is 0.362. The van der Waals surface area contributed by atoms with E-state index in [1.165, 1.54) is 42.5 Å². The SMILES string of the molecule is CSCCC(NC(=O)c1cccc(S(=O)(=O)Nc2ccccc2F)c1)c1nnc2ccccn12. The molecule has 0 spiro atoms. The third-order valence-corrected chi connectivity index (χ3v) is 7.10. The van der Waals surface area contributed by atoms with Gasteiger partial charge in [-0.15, -0.1) is 10.2 Å². The van der Waals surface area contributed by atoms with E-state index >= 15 is 0 Å². The first-order valence-corrected chi connectivity index (χ1v) is 13.2. The summed E-state index contributed by atoms with van der Waals surface area (Å²) in [6.07, 6.45) is 4.40. The first kappa shape index (κ1) is 23.7. The van der Waals surface area contributed by atoms with Gasteiger partial charge in [-0.25, -0.2) is 12.8 Å². The van der Waals surface area contributed by atoms with Crippen molar-refractivity contribution in [3.8, 4) is 0 Å². The average Bonchev–Trinajstić information content (AvgIpc) is 3.27. The van der Waals surface area contributed by atoms with Crippen molar-refractivity contribution < 1.29 is 17.6 Å². The number of benzene rings is 2. The summed E-state index contributed by atoms with van der Waals surface area (Å²) in [5.41, 5.74) is 0.640. The molecule has 1 amide bonds. The van der Waals surface area contributed by atoms with Crippen LogP contribution in [-0.4, -0.2) is 40.9 Å². The first-order chi connectivity index (χ1) is 16.4. The van der Waals surface area contributed by atoms with Gasteiger partial charge in [0.05, 0.1) is 16.6 Å². The third kappa shape index (κ3) is 5.20. The van der Waals surface area contributed by atoms with E-state index in [1.807, 2.05) is 35.1 Å². The highest BCUT2D eigenvalue weighted by Gasteiger charge is 2.23. The number of para-hydroxylation sites is 1. The van der Waals surface area contributed by atoms with E-state index in [-0.39, 0.29) is 16.1 Å². The topological polar surface area (TPSA) is 105 Å². The van der Waals surface area contributed by atoms with Crippen molar-refractivity contribution in [3.63, 3.8) is 0 Å². The van der Waals surface area contributed by atoms with E-state index in [9.17, 15) is 17.6 Å². The van der Waals surface area contributed by atoms with Crippen molar-refractivity contribution in [2.75, 3.05) is 16.7 Å². The lowest BCUT2D eigenvalue weighted by atomic mass is 10.1. The van der Waals surface area contributed by atoms with Gasteiger partial charge in [0.1, 0.15) is 5.82 Å². The number of anilines is 1. The predicted octanol–water partition coefficient (Wildman–Crippen LogP) is 3.89. The summed E-state index contributed by atoms with van der Waals surface area (Å²) in [6, 6.07) is 16.1. The minimum Gasteiger partial charge on any atom is -0.342 e. The zero-order chi connectivity index (χ0) is 24.1. The Hall–Kier alpha value is -3.44. The molecule has 0 saturated carbocycles. The number of thioether (sulfide) groups is 1. The molecule has 1 unspecified atom stereocenters. The number of hydrogen-bond donors (Lipinski definition) is 2. The maximum absolute atomic E-state index is 13.9. The van der Waals surface area contributed by atoms with Gasteiger partial charge in [-0.3, -0.25) is 13.9 Å². The fourth-order valence-electron chi connectivity index (χ4n) is 3.39. The lowest BCUT2D eigenvalue weighted by Gasteiger charge is -2.17. The lowest BCUT2D eigenvalue weighted by molar-refractivity contribution is 0.0933. The number of nitrogens with one attached hydrogen (secondary N) is 2. The summed E-state index contributed by atoms with van der Waals surface area (Å²) >= 11 is 1.64. The minimum absolute atomic E-state index is 0.152. The zero-order valence-corrected chi connectivity index (χ0v) is 19.8. The largest absolute Gasteiger partial charge is 0.342 e. The van der Waals surface area contributed by atoms with Gasteiger partial charge < -0.3 is 5.32 Å². The highest BCUT2D eigenvalue weighted by Crippen LogP contribution is 2.22. The highest BCUT2D eigenvalue weighted by molar-refractivity contribution is 7.98. The Balaban J connectivity index is 1.58. The number of fused-ring (bicyclic) bond motifs is 1. The Morgan fingerprint density at radius 2 is 1.88 bits per heavy atom. The molecule has 2 heterocycles. The van der Waals surface area contributed by atoms with Gasteiger partial charge >= 0.3 is 0 Å². The van der Waals surface area contributed by atoms with E-state index in [4.69, 9.17) is 0 Å². The van der Waals surface area contributed by atoms with Crippen molar-refractivity contribution in [2.45, 2.75) is 17.4 Å². The summed E-state index contributed by atoms with van der Waals surface area (Å²) < 4.78 is 43.5. The van der Waals surface area contributed by atoms with Gasteiger partial charge in [0.25, 0.3) is 15.9 Å². The van der Waals surface area contributed by atoms with Gasteiger partial charge in [-0.1, -0.05) is 24.3 Å². The molecule has 2 N–H and O–H groups in total. The van der Waals surface area contributed by atoms with Crippen LogP contribution >= 0.6 is 11.8 Å². The van der Waals surface area contributed by atoms with E-state index < -0.39 is 27.8 Å². The number of hydrogen-bond acceptors (Lipinski definition) is 6. The second kappa shape index (κ2) is 10.2. The molecule has 2 aromatic heterocycles. The van der Waals surface area contributed by atoms with Crippen molar-refractivity contribution >= 4 is 39.0 Å². The Kier molecular flexibility index (Phi) is 7.13. The molecule has 0 bridgehead atoms. The Labute approximate surface area is 200 Å². The molecule has 0 fully saturated rings.